The van der Waals surface area contributed by atoms with Gasteiger partial charge in [0, 0.05) is 31.2 Å². The van der Waals surface area contributed by atoms with Gasteiger partial charge in [-0.25, -0.2) is 13.1 Å². The van der Waals surface area contributed by atoms with Gasteiger partial charge in [0.1, 0.15) is 4.90 Å². The minimum absolute atomic E-state index is 0.0454. The van der Waals surface area contributed by atoms with Crippen LogP contribution in [0.4, 0.5) is 5.69 Å². The highest BCUT2D eigenvalue weighted by Gasteiger charge is 2.25. The summed E-state index contributed by atoms with van der Waals surface area (Å²) in [5.74, 6) is -0.241. The molecule has 0 spiro atoms. The zero-order chi connectivity index (χ0) is 18.4. The van der Waals surface area contributed by atoms with E-state index in [4.69, 9.17) is 0 Å². The smallest absolute Gasteiger partial charge is 0.251 e. The molecule has 1 heterocycles. The summed E-state index contributed by atoms with van der Waals surface area (Å²) in [6, 6.07) is 5.02. The van der Waals surface area contributed by atoms with Crippen LogP contribution >= 0.6 is 0 Å². The number of carbonyl (C=O) groups is 1. The van der Waals surface area contributed by atoms with E-state index in [0.717, 1.165) is 32.4 Å². The van der Waals surface area contributed by atoms with Gasteiger partial charge < -0.3 is 10.2 Å². The number of rotatable bonds is 8. The van der Waals surface area contributed by atoms with Crippen molar-refractivity contribution in [2.24, 2.45) is 0 Å². The van der Waals surface area contributed by atoms with Gasteiger partial charge >= 0.3 is 0 Å². The maximum Gasteiger partial charge on any atom is 0.251 e. The summed E-state index contributed by atoms with van der Waals surface area (Å²) in [6.07, 6.45) is 3.64. The number of nitrogens with zero attached hydrogens (tertiary/aromatic N) is 1. The van der Waals surface area contributed by atoms with E-state index < -0.39 is 10.0 Å². The lowest BCUT2D eigenvalue weighted by molar-refractivity contribution is 0.0939. The number of nitrogens with one attached hydrogen (secondary N) is 2. The molecule has 0 bridgehead atoms. The summed E-state index contributed by atoms with van der Waals surface area (Å²) in [4.78, 5) is 14.7. The Balaban J connectivity index is 2.40. The predicted octanol–water partition coefficient (Wildman–Crippen LogP) is 2.50. The maximum atomic E-state index is 12.8. The summed E-state index contributed by atoms with van der Waals surface area (Å²) in [7, 11) is -3.65. The fourth-order valence-electron chi connectivity index (χ4n) is 2.81. The van der Waals surface area contributed by atoms with E-state index in [2.05, 4.69) is 14.9 Å². The first-order valence-electron chi connectivity index (χ1n) is 9.08. The van der Waals surface area contributed by atoms with Gasteiger partial charge in [-0.15, -0.1) is 0 Å². The number of hydrogen-bond donors (Lipinski definition) is 2. The van der Waals surface area contributed by atoms with Gasteiger partial charge in [0.05, 0.1) is 5.69 Å². The van der Waals surface area contributed by atoms with Crippen LogP contribution in [-0.4, -0.2) is 40.0 Å². The zero-order valence-electron chi connectivity index (χ0n) is 15.3. The van der Waals surface area contributed by atoms with Crippen molar-refractivity contribution in [2.45, 2.75) is 57.4 Å². The second-order valence-corrected chi connectivity index (χ2v) is 8.29. The zero-order valence-corrected chi connectivity index (χ0v) is 16.2. The molecule has 0 aromatic heterocycles. The molecule has 1 fully saturated rings. The topological polar surface area (TPSA) is 78.5 Å². The van der Waals surface area contributed by atoms with E-state index in [9.17, 15) is 13.2 Å². The quantitative estimate of drug-likeness (QED) is 0.740. The van der Waals surface area contributed by atoms with E-state index in [1.54, 1.807) is 12.1 Å². The molecule has 7 heteroatoms. The first-order chi connectivity index (χ1) is 11.9. The van der Waals surface area contributed by atoms with Gasteiger partial charge in [0.25, 0.3) is 5.91 Å². The third-order valence-corrected chi connectivity index (χ3v) is 5.98. The number of carbonyl (C=O) groups excluding carboxylic acids is 1. The van der Waals surface area contributed by atoms with Crippen molar-refractivity contribution in [3.05, 3.63) is 23.8 Å². The van der Waals surface area contributed by atoms with Gasteiger partial charge in [-0.05, 0) is 50.8 Å². The van der Waals surface area contributed by atoms with Crippen LogP contribution in [0.5, 0.6) is 0 Å². The highest BCUT2D eigenvalue weighted by atomic mass is 32.2. The molecule has 0 aliphatic carbocycles. The SMILES string of the molecule is CCCNS(=O)(=O)c1cc(C(=O)NC(C)CC)ccc1N1CCCC1. The van der Waals surface area contributed by atoms with Crippen LogP contribution in [0.25, 0.3) is 0 Å². The Morgan fingerprint density at radius 1 is 1.24 bits per heavy atom. The first kappa shape index (κ1) is 19.7. The average molecular weight is 368 g/mol. The number of hydrogen-bond acceptors (Lipinski definition) is 4. The lowest BCUT2D eigenvalue weighted by Crippen LogP contribution is -2.33. The van der Waals surface area contributed by atoms with Crippen LogP contribution in [-0.2, 0) is 10.0 Å². The Hall–Kier alpha value is -1.60. The molecule has 2 rings (SSSR count). The Morgan fingerprint density at radius 3 is 2.52 bits per heavy atom. The number of benzene rings is 1. The highest BCUT2D eigenvalue weighted by Crippen LogP contribution is 2.29. The Bertz CT molecular complexity index is 698. The summed E-state index contributed by atoms with van der Waals surface area (Å²) >= 11 is 0. The molecule has 140 valence electrons. The van der Waals surface area contributed by atoms with Crippen molar-refractivity contribution in [3.63, 3.8) is 0 Å². The molecular formula is C18H29N3O3S. The number of sulfonamides is 1. The minimum atomic E-state index is -3.65. The van der Waals surface area contributed by atoms with E-state index in [1.807, 2.05) is 20.8 Å². The van der Waals surface area contributed by atoms with Crippen LogP contribution < -0.4 is 14.9 Å². The molecule has 1 aliphatic heterocycles. The van der Waals surface area contributed by atoms with Gasteiger partial charge in [-0.3, -0.25) is 4.79 Å². The van der Waals surface area contributed by atoms with Crippen molar-refractivity contribution in [1.82, 2.24) is 10.0 Å². The second kappa shape index (κ2) is 8.67. The van der Waals surface area contributed by atoms with Gasteiger partial charge in [0.15, 0.2) is 0 Å². The van der Waals surface area contributed by atoms with Crippen molar-refractivity contribution in [1.29, 1.82) is 0 Å². The van der Waals surface area contributed by atoms with Gasteiger partial charge in [-0.2, -0.15) is 0 Å². The lowest BCUT2D eigenvalue weighted by atomic mass is 10.1. The monoisotopic (exact) mass is 367 g/mol. The molecule has 0 radical (unpaired) electrons. The lowest BCUT2D eigenvalue weighted by Gasteiger charge is -2.22. The normalized spacial score (nSPS) is 16.0. The standard InChI is InChI=1S/C18H29N3O3S/c1-4-10-19-25(23,24)17-13-15(18(22)20-14(3)5-2)8-9-16(17)21-11-6-7-12-21/h8-9,13-14,19H,4-7,10-12H2,1-3H3,(H,20,22). The molecule has 1 aliphatic rings. The van der Waals surface area contributed by atoms with Crippen molar-refractivity contribution in [2.75, 3.05) is 24.5 Å². The van der Waals surface area contributed by atoms with E-state index in [1.165, 1.54) is 6.07 Å². The molecule has 6 nitrogen and oxygen atoms in total. The Morgan fingerprint density at radius 2 is 1.92 bits per heavy atom. The second-order valence-electron chi connectivity index (χ2n) is 6.56. The third-order valence-electron chi connectivity index (χ3n) is 4.49. The molecular weight excluding hydrogens is 338 g/mol. The number of anilines is 1. The molecule has 1 saturated heterocycles. The van der Waals surface area contributed by atoms with Crippen LogP contribution in [0.2, 0.25) is 0 Å². The average Bonchev–Trinajstić information content (AvgIpc) is 3.13. The third kappa shape index (κ3) is 4.95. The van der Waals surface area contributed by atoms with Gasteiger partial charge in [-0.1, -0.05) is 13.8 Å². The van der Waals surface area contributed by atoms with Crippen LogP contribution in [0, 0.1) is 0 Å². The van der Waals surface area contributed by atoms with Crippen molar-refractivity contribution >= 4 is 21.6 Å². The molecule has 1 amide bonds. The van der Waals surface area contributed by atoms with Crippen molar-refractivity contribution < 1.29 is 13.2 Å². The fourth-order valence-corrected chi connectivity index (χ4v) is 4.20. The molecule has 25 heavy (non-hydrogen) atoms. The molecule has 1 aromatic carbocycles. The summed E-state index contributed by atoms with van der Waals surface area (Å²) in [5, 5.41) is 2.89. The predicted molar refractivity (Wildman–Crippen MR) is 101 cm³/mol. The Kier molecular flexibility index (Phi) is 6.84. The molecule has 1 atom stereocenters. The molecule has 1 aromatic rings. The summed E-state index contributed by atoms with van der Waals surface area (Å²) in [6.45, 7) is 7.90. The largest absolute Gasteiger partial charge is 0.370 e. The van der Waals surface area contributed by atoms with E-state index in [0.29, 0.717) is 24.2 Å². The maximum absolute atomic E-state index is 12.8. The van der Waals surface area contributed by atoms with E-state index in [-0.39, 0.29) is 16.8 Å². The van der Waals surface area contributed by atoms with Crippen LogP contribution in [0.1, 0.15) is 56.8 Å². The molecule has 1 unspecified atom stereocenters. The molecule has 0 saturated carbocycles. The first-order valence-corrected chi connectivity index (χ1v) is 10.6. The van der Waals surface area contributed by atoms with Crippen LogP contribution in [0.3, 0.4) is 0 Å². The van der Waals surface area contributed by atoms with Crippen molar-refractivity contribution in [3.8, 4) is 0 Å². The highest BCUT2D eigenvalue weighted by molar-refractivity contribution is 7.89. The van der Waals surface area contributed by atoms with E-state index >= 15 is 0 Å². The van der Waals surface area contributed by atoms with Crippen LogP contribution in [0.15, 0.2) is 23.1 Å². The Labute approximate surface area is 151 Å². The van der Waals surface area contributed by atoms with Gasteiger partial charge in [0.2, 0.25) is 10.0 Å². The molecule has 2 N–H and O–H groups in total. The minimum Gasteiger partial charge on any atom is -0.370 e. The fraction of sp³-hybridized carbons (Fsp3) is 0.611. The summed E-state index contributed by atoms with van der Waals surface area (Å²) in [5.41, 5.74) is 1.06. The number of amides is 1. The summed E-state index contributed by atoms with van der Waals surface area (Å²) < 4.78 is 28.1.